The lowest BCUT2D eigenvalue weighted by Crippen LogP contribution is -2.35. The van der Waals surface area contributed by atoms with Crippen LogP contribution >= 0.6 is 11.3 Å². The highest BCUT2D eigenvalue weighted by Gasteiger charge is 2.46. The van der Waals surface area contributed by atoms with Crippen molar-refractivity contribution in [2.45, 2.75) is 24.7 Å². The molecule has 3 rings (SSSR count). The summed E-state index contributed by atoms with van der Waals surface area (Å²) in [6, 6.07) is 2.55. The summed E-state index contributed by atoms with van der Waals surface area (Å²) in [5.74, 6) is -0.705. The van der Waals surface area contributed by atoms with Crippen LogP contribution in [0.4, 0.5) is 19.0 Å². The number of nitrogens with two attached hydrogens (primary N) is 1. The van der Waals surface area contributed by atoms with Crippen LogP contribution in [0.3, 0.4) is 0 Å². The number of primary amides is 1. The fourth-order valence-corrected chi connectivity index (χ4v) is 3.16. The van der Waals surface area contributed by atoms with Crippen molar-refractivity contribution in [3.05, 3.63) is 34.2 Å². The van der Waals surface area contributed by atoms with Crippen molar-refractivity contribution in [1.29, 1.82) is 0 Å². The number of hydrogen-bond acceptors (Lipinski definition) is 4. The fourth-order valence-electron chi connectivity index (χ4n) is 2.37. The third-order valence-electron chi connectivity index (χ3n) is 3.33. The quantitative estimate of drug-likeness (QED) is 0.894. The molecule has 0 saturated heterocycles. The van der Waals surface area contributed by atoms with Crippen LogP contribution in [-0.2, 0) is 0 Å². The molecule has 0 aromatic carbocycles. The van der Waals surface area contributed by atoms with E-state index in [0.717, 1.165) is 9.56 Å². The number of carbonyl (C=O) groups excluding carboxylic acids is 1. The zero-order valence-electron chi connectivity index (χ0n) is 10.6. The average Bonchev–Trinajstić information content (AvgIpc) is 3.05. The molecular formula is C12H11F3N4OS. The molecule has 0 unspecified atom stereocenters. The fraction of sp³-hybridized carbons (Fsp3) is 0.333. The second-order valence-electron chi connectivity index (χ2n) is 4.73. The first-order chi connectivity index (χ1) is 9.86. The minimum Gasteiger partial charge on any atom is -0.364 e. The Morgan fingerprint density at radius 3 is 2.86 bits per heavy atom. The molecule has 3 heterocycles. The zero-order chi connectivity index (χ0) is 15.2. The van der Waals surface area contributed by atoms with Gasteiger partial charge in [-0.05, 0) is 11.4 Å². The molecule has 3 N–H and O–H groups in total. The summed E-state index contributed by atoms with van der Waals surface area (Å²) in [5, 5.41) is 8.46. The van der Waals surface area contributed by atoms with Gasteiger partial charge in [-0.2, -0.15) is 18.3 Å². The molecule has 2 atom stereocenters. The van der Waals surface area contributed by atoms with E-state index in [9.17, 15) is 18.0 Å². The number of rotatable bonds is 2. The van der Waals surface area contributed by atoms with Gasteiger partial charge in [-0.25, -0.2) is 4.68 Å². The van der Waals surface area contributed by atoms with E-state index in [1.165, 1.54) is 17.4 Å². The summed E-state index contributed by atoms with van der Waals surface area (Å²) in [6.07, 6.45) is -4.63. The van der Waals surface area contributed by atoms with Crippen molar-refractivity contribution in [3.63, 3.8) is 0 Å². The van der Waals surface area contributed by atoms with Gasteiger partial charge in [-0.3, -0.25) is 4.79 Å². The lowest BCUT2D eigenvalue weighted by molar-refractivity contribution is -0.173. The van der Waals surface area contributed by atoms with Crippen LogP contribution in [0, 0.1) is 0 Å². The van der Waals surface area contributed by atoms with Gasteiger partial charge in [-0.1, -0.05) is 6.07 Å². The molecule has 2 aromatic rings. The number of fused-ring (bicyclic) bond motifs is 1. The molecule has 9 heteroatoms. The Morgan fingerprint density at radius 1 is 1.52 bits per heavy atom. The van der Waals surface area contributed by atoms with Crippen molar-refractivity contribution in [1.82, 2.24) is 9.78 Å². The van der Waals surface area contributed by atoms with Crippen molar-refractivity contribution in [2.75, 3.05) is 5.32 Å². The molecule has 1 aliphatic heterocycles. The van der Waals surface area contributed by atoms with Gasteiger partial charge < -0.3 is 11.1 Å². The first kappa shape index (κ1) is 13.9. The van der Waals surface area contributed by atoms with E-state index in [1.807, 2.05) is 0 Å². The summed E-state index contributed by atoms with van der Waals surface area (Å²) in [5.41, 5.74) is 4.91. The van der Waals surface area contributed by atoms with E-state index in [4.69, 9.17) is 5.73 Å². The number of alkyl halides is 3. The summed E-state index contributed by atoms with van der Waals surface area (Å²) in [6.45, 7) is 0. The molecule has 112 valence electrons. The van der Waals surface area contributed by atoms with E-state index in [0.29, 0.717) is 0 Å². The van der Waals surface area contributed by atoms with E-state index < -0.39 is 24.2 Å². The second kappa shape index (κ2) is 4.76. The number of nitrogens with zero attached hydrogens (tertiary/aromatic N) is 2. The lowest BCUT2D eigenvalue weighted by atomic mass is 10.0. The summed E-state index contributed by atoms with van der Waals surface area (Å²) in [4.78, 5) is 11.9. The topological polar surface area (TPSA) is 72.9 Å². The van der Waals surface area contributed by atoms with Crippen molar-refractivity contribution in [3.8, 4) is 0 Å². The standard InChI is InChI=1S/C12H11F3N4OS/c13-12(14,15)9-4-6(8-2-1-3-21-8)17-10-5-7(11(16)20)18-19(9)10/h1-3,5-6,9,17H,4H2,(H2,16,20)/t6-,9+/m1/s1. The monoisotopic (exact) mass is 316 g/mol. The van der Waals surface area contributed by atoms with Gasteiger partial charge in [-0.15, -0.1) is 11.3 Å². The van der Waals surface area contributed by atoms with Crippen LogP contribution in [0.15, 0.2) is 23.6 Å². The van der Waals surface area contributed by atoms with Gasteiger partial charge in [0, 0.05) is 17.4 Å². The Labute approximate surface area is 121 Å². The SMILES string of the molecule is NC(=O)c1cc2n(n1)[C@H](C(F)(F)F)C[C@H](c1cccs1)N2. The van der Waals surface area contributed by atoms with Crippen LogP contribution in [0.5, 0.6) is 0 Å². The van der Waals surface area contributed by atoms with E-state index in [1.54, 1.807) is 17.5 Å². The Bertz CT molecular complexity index is 665. The largest absolute Gasteiger partial charge is 0.410 e. The number of hydrogen-bond donors (Lipinski definition) is 2. The number of halogens is 3. The molecule has 21 heavy (non-hydrogen) atoms. The molecule has 1 aliphatic rings. The number of thiophene rings is 1. The van der Waals surface area contributed by atoms with Crippen LogP contribution in [-0.4, -0.2) is 21.9 Å². The molecule has 0 saturated carbocycles. The number of amides is 1. The second-order valence-corrected chi connectivity index (χ2v) is 5.71. The molecule has 5 nitrogen and oxygen atoms in total. The number of nitrogens with one attached hydrogen (secondary N) is 1. The predicted molar refractivity (Wildman–Crippen MR) is 71.1 cm³/mol. The summed E-state index contributed by atoms with van der Waals surface area (Å²) in [7, 11) is 0. The first-order valence-corrected chi connectivity index (χ1v) is 7.00. The third kappa shape index (κ3) is 2.48. The smallest absolute Gasteiger partial charge is 0.364 e. The van der Waals surface area contributed by atoms with Crippen molar-refractivity contribution >= 4 is 23.1 Å². The molecule has 0 spiro atoms. The number of aromatic nitrogens is 2. The highest BCUT2D eigenvalue weighted by Crippen LogP contribution is 2.44. The average molecular weight is 316 g/mol. The van der Waals surface area contributed by atoms with E-state index in [2.05, 4.69) is 10.4 Å². The van der Waals surface area contributed by atoms with Gasteiger partial charge >= 0.3 is 6.18 Å². The highest BCUT2D eigenvalue weighted by atomic mass is 32.1. The summed E-state index contributed by atoms with van der Waals surface area (Å²) < 4.78 is 40.5. The van der Waals surface area contributed by atoms with Crippen LogP contribution < -0.4 is 11.1 Å². The Balaban J connectivity index is 2.03. The third-order valence-corrected chi connectivity index (χ3v) is 4.31. The molecule has 1 amide bonds. The van der Waals surface area contributed by atoms with Crippen molar-refractivity contribution in [2.24, 2.45) is 5.73 Å². The van der Waals surface area contributed by atoms with Crippen molar-refractivity contribution < 1.29 is 18.0 Å². The number of carbonyl (C=O) groups is 1. The van der Waals surface area contributed by atoms with E-state index in [-0.39, 0.29) is 17.9 Å². The van der Waals surface area contributed by atoms with Crippen LogP contribution in [0.2, 0.25) is 0 Å². The Hall–Kier alpha value is -2.03. The number of anilines is 1. The maximum Gasteiger partial charge on any atom is 0.410 e. The Kier molecular flexibility index (Phi) is 3.16. The minimum atomic E-state index is -4.45. The first-order valence-electron chi connectivity index (χ1n) is 6.12. The Morgan fingerprint density at radius 2 is 2.29 bits per heavy atom. The van der Waals surface area contributed by atoms with E-state index >= 15 is 0 Å². The molecule has 0 aliphatic carbocycles. The normalized spacial score (nSPS) is 21.7. The molecule has 0 fully saturated rings. The van der Waals surface area contributed by atoms with Gasteiger partial charge in [0.15, 0.2) is 11.7 Å². The van der Waals surface area contributed by atoms with Crippen LogP contribution in [0.25, 0.3) is 0 Å². The molecule has 2 aromatic heterocycles. The van der Waals surface area contributed by atoms with Gasteiger partial charge in [0.2, 0.25) is 0 Å². The molecular weight excluding hydrogens is 305 g/mol. The molecule has 0 radical (unpaired) electrons. The maximum absolute atomic E-state index is 13.2. The van der Waals surface area contributed by atoms with Gasteiger partial charge in [0.1, 0.15) is 5.82 Å². The summed E-state index contributed by atoms with van der Waals surface area (Å²) >= 11 is 1.38. The van der Waals surface area contributed by atoms with Crippen LogP contribution in [0.1, 0.15) is 33.9 Å². The molecule has 0 bridgehead atoms. The minimum absolute atomic E-state index is 0.149. The highest BCUT2D eigenvalue weighted by molar-refractivity contribution is 7.10. The predicted octanol–water partition coefficient (Wildman–Crippen LogP) is 2.70. The van der Waals surface area contributed by atoms with Gasteiger partial charge in [0.05, 0.1) is 6.04 Å². The maximum atomic E-state index is 13.2. The zero-order valence-corrected chi connectivity index (χ0v) is 11.4. The van der Waals surface area contributed by atoms with Gasteiger partial charge in [0.25, 0.3) is 5.91 Å². The lowest BCUT2D eigenvalue weighted by Gasteiger charge is -2.32.